The number of carboxylic acid groups (broad SMARTS) is 1. The van der Waals surface area contributed by atoms with Crippen molar-refractivity contribution in [2.75, 3.05) is 44.2 Å². The van der Waals surface area contributed by atoms with Gasteiger partial charge in [-0.1, -0.05) is 17.7 Å². The molecule has 0 bridgehead atoms. The number of halogens is 3. The molecule has 43 heavy (non-hydrogen) atoms. The molecule has 0 aliphatic carbocycles. The number of likely N-dealkylation sites (tertiary alicyclic amines) is 1. The first-order chi connectivity index (χ1) is 20.7. The zero-order valence-electron chi connectivity index (χ0n) is 22.7. The number of hydrogen-bond acceptors (Lipinski definition) is 9. The van der Waals surface area contributed by atoms with Crippen LogP contribution in [-0.4, -0.2) is 96.6 Å². The molecule has 2 N–H and O–H groups in total. The summed E-state index contributed by atoms with van der Waals surface area (Å²) < 4.78 is 35.5. The predicted octanol–water partition coefficient (Wildman–Crippen LogP) is 2.47. The number of aromatic carboxylic acids is 1. The summed E-state index contributed by atoms with van der Waals surface area (Å²) in [5.41, 5.74) is 1.41. The summed E-state index contributed by atoms with van der Waals surface area (Å²) in [6.07, 6.45) is 1.80. The Hall–Kier alpha value is -4.40. The van der Waals surface area contributed by atoms with Gasteiger partial charge in [0.15, 0.2) is 0 Å². The number of carboxylic acids is 1. The van der Waals surface area contributed by atoms with Crippen molar-refractivity contribution in [3.8, 4) is 5.88 Å². The number of ether oxygens (including phenoxy) is 1. The molecule has 0 unspecified atom stereocenters. The first-order valence-electron chi connectivity index (χ1n) is 13.4. The number of hydrogen-bond donors (Lipinski definition) is 2. The number of aliphatic hydroxyl groups is 1. The van der Waals surface area contributed by atoms with Crippen LogP contribution in [0.5, 0.6) is 5.88 Å². The highest BCUT2D eigenvalue weighted by Crippen LogP contribution is 2.24. The number of anilines is 1. The average Bonchev–Trinajstić information content (AvgIpc) is 3.33. The Kier molecular flexibility index (Phi) is 7.81. The van der Waals surface area contributed by atoms with Crippen LogP contribution >= 0.6 is 11.6 Å². The van der Waals surface area contributed by atoms with Gasteiger partial charge in [0, 0.05) is 62.6 Å². The van der Waals surface area contributed by atoms with E-state index >= 15 is 0 Å². The third-order valence-electron chi connectivity index (χ3n) is 7.40. The Morgan fingerprint density at radius 1 is 1.05 bits per heavy atom. The van der Waals surface area contributed by atoms with E-state index in [1.807, 2.05) is 4.90 Å². The van der Waals surface area contributed by atoms with E-state index in [0.29, 0.717) is 44.1 Å². The molecule has 2 fully saturated rings. The molecule has 5 heterocycles. The molecule has 3 aromatic heterocycles. The van der Waals surface area contributed by atoms with Crippen LogP contribution in [0, 0.1) is 11.6 Å². The second kappa shape index (κ2) is 11.7. The molecule has 15 heteroatoms. The predicted molar refractivity (Wildman–Crippen MR) is 149 cm³/mol. The van der Waals surface area contributed by atoms with Crippen molar-refractivity contribution in [2.45, 2.75) is 19.3 Å². The number of nitrogens with zero attached hydrogens (tertiary/aromatic N) is 7. The fourth-order valence-corrected chi connectivity index (χ4v) is 5.19. The Bertz CT molecular complexity index is 1710. The third-order valence-corrected chi connectivity index (χ3v) is 7.63. The number of carbonyl (C=O) groups is 2. The van der Waals surface area contributed by atoms with Gasteiger partial charge in [-0.2, -0.15) is 9.37 Å². The minimum absolute atomic E-state index is 0.0173. The number of pyridine rings is 1. The van der Waals surface area contributed by atoms with Crippen molar-refractivity contribution in [3.63, 3.8) is 0 Å². The number of piperazine rings is 1. The zero-order chi connectivity index (χ0) is 30.2. The Balaban J connectivity index is 1.15. The monoisotopic (exact) mass is 613 g/mol. The summed E-state index contributed by atoms with van der Waals surface area (Å²) in [7, 11) is 0. The van der Waals surface area contributed by atoms with E-state index in [0.717, 1.165) is 12.3 Å². The molecule has 2 aliphatic rings. The first kappa shape index (κ1) is 28.7. The van der Waals surface area contributed by atoms with Crippen molar-refractivity contribution in [1.82, 2.24) is 29.2 Å². The van der Waals surface area contributed by atoms with E-state index in [1.165, 1.54) is 33.7 Å². The number of carbonyl (C=O) groups excluding carboxylic acids is 1. The molecule has 4 aromatic rings. The lowest BCUT2D eigenvalue weighted by Crippen LogP contribution is -2.54. The van der Waals surface area contributed by atoms with Gasteiger partial charge >= 0.3 is 5.97 Å². The van der Waals surface area contributed by atoms with E-state index in [4.69, 9.17) is 16.3 Å². The lowest BCUT2D eigenvalue weighted by molar-refractivity contribution is 0.00528. The number of rotatable bonds is 8. The SMILES string of the molecule is O=C(O)c1ccc2nc(CN3CCN(c4ncc(F)c(OCc5ccc(Cl)cc5F)n4)CC3)c(C(=O)N3CC(O)C3)n2c1. The van der Waals surface area contributed by atoms with Gasteiger partial charge in [0.25, 0.3) is 11.8 Å². The minimum atomic E-state index is -1.13. The summed E-state index contributed by atoms with van der Waals surface area (Å²) in [6.45, 7) is 2.51. The summed E-state index contributed by atoms with van der Waals surface area (Å²) in [6, 6.07) is 7.10. The largest absolute Gasteiger partial charge is 0.478 e. The van der Waals surface area contributed by atoms with Crippen LogP contribution in [0.4, 0.5) is 14.7 Å². The highest BCUT2D eigenvalue weighted by atomic mass is 35.5. The van der Waals surface area contributed by atoms with Crippen LogP contribution in [0.3, 0.4) is 0 Å². The molecule has 0 radical (unpaired) electrons. The fraction of sp³-hybridized carbons (Fsp3) is 0.321. The number of aliphatic hydroxyl groups excluding tert-OH is 1. The molecule has 0 atom stereocenters. The summed E-state index contributed by atoms with van der Waals surface area (Å²) in [4.78, 5) is 43.3. The van der Waals surface area contributed by atoms with E-state index < -0.39 is 23.7 Å². The van der Waals surface area contributed by atoms with Crippen LogP contribution in [0.25, 0.3) is 5.65 Å². The molecular formula is C28H26ClF2N7O5. The van der Waals surface area contributed by atoms with Crippen molar-refractivity contribution in [3.05, 3.63) is 81.9 Å². The number of β-amino-alcohol motifs (C(OH)–C–C–N with tert-alkyl or cyclic N) is 1. The molecule has 2 saturated heterocycles. The number of benzene rings is 1. The van der Waals surface area contributed by atoms with Gasteiger partial charge in [-0.05, 0) is 24.3 Å². The number of aromatic nitrogens is 4. The van der Waals surface area contributed by atoms with E-state index in [9.17, 15) is 28.6 Å². The Morgan fingerprint density at radius 2 is 1.81 bits per heavy atom. The van der Waals surface area contributed by atoms with Crippen LogP contribution < -0.4 is 9.64 Å². The molecule has 6 rings (SSSR count). The maximum Gasteiger partial charge on any atom is 0.337 e. The van der Waals surface area contributed by atoms with Crippen molar-refractivity contribution < 1.29 is 33.3 Å². The summed E-state index contributed by atoms with van der Waals surface area (Å²) in [5, 5.41) is 19.4. The quantitative estimate of drug-likeness (QED) is 0.305. The lowest BCUT2D eigenvalue weighted by atomic mass is 10.1. The molecule has 1 amide bonds. The van der Waals surface area contributed by atoms with Gasteiger partial charge in [0.2, 0.25) is 11.8 Å². The van der Waals surface area contributed by atoms with Crippen molar-refractivity contribution in [1.29, 1.82) is 0 Å². The van der Waals surface area contributed by atoms with Crippen LogP contribution in [0.1, 0.15) is 32.1 Å². The van der Waals surface area contributed by atoms with E-state index in [-0.39, 0.29) is 59.3 Å². The second-order valence-corrected chi connectivity index (χ2v) is 10.8. The fourth-order valence-electron chi connectivity index (χ4n) is 5.03. The summed E-state index contributed by atoms with van der Waals surface area (Å²) >= 11 is 5.78. The highest BCUT2D eigenvalue weighted by molar-refractivity contribution is 6.30. The molecule has 2 aliphatic heterocycles. The maximum absolute atomic E-state index is 14.4. The number of amides is 1. The minimum Gasteiger partial charge on any atom is -0.478 e. The number of imidazole rings is 1. The normalized spacial score (nSPS) is 16.0. The standard InChI is InChI=1S/C28H26ClF2N7O5/c29-18-3-1-17(20(30)9-18)15-43-25-21(31)10-32-28(34-25)36-7-5-35(6-8-36)14-22-24(26(40)37-12-19(39)13-37)38-11-16(27(41)42)2-4-23(38)33-22/h1-4,9-11,19,39H,5-8,12-15H2,(H,41,42). The smallest absolute Gasteiger partial charge is 0.337 e. The first-order valence-corrected chi connectivity index (χ1v) is 13.8. The van der Waals surface area contributed by atoms with Gasteiger partial charge in [0.1, 0.15) is 23.8 Å². The average molecular weight is 614 g/mol. The van der Waals surface area contributed by atoms with Crippen LogP contribution in [-0.2, 0) is 13.2 Å². The van der Waals surface area contributed by atoms with E-state index in [2.05, 4.69) is 19.9 Å². The topological polar surface area (TPSA) is 137 Å². The molecule has 224 valence electrons. The molecular weight excluding hydrogens is 588 g/mol. The molecule has 1 aromatic carbocycles. The lowest BCUT2D eigenvalue weighted by Gasteiger charge is -2.36. The van der Waals surface area contributed by atoms with Crippen molar-refractivity contribution >= 4 is 35.1 Å². The van der Waals surface area contributed by atoms with Gasteiger partial charge < -0.3 is 24.7 Å². The zero-order valence-corrected chi connectivity index (χ0v) is 23.4. The number of fused-ring (bicyclic) bond motifs is 1. The Labute approximate surface area is 248 Å². The molecule has 0 spiro atoms. The van der Waals surface area contributed by atoms with Crippen molar-refractivity contribution in [2.24, 2.45) is 0 Å². The molecule has 12 nitrogen and oxygen atoms in total. The van der Waals surface area contributed by atoms with Crippen LogP contribution in [0.15, 0.2) is 42.7 Å². The maximum atomic E-state index is 14.4. The Morgan fingerprint density at radius 3 is 2.51 bits per heavy atom. The van der Waals surface area contributed by atoms with Gasteiger partial charge in [-0.25, -0.2) is 19.2 Å². The highest BCUT2D eigenvalue weighted by Gasteiger charge is 2.34. The van der Waals surface area contributed by atoms with Gasteiger partial charge in [-0.3, -0.25) is 14.1 Å². The van der Waals surface area contributed by atoms with Gasteiger partial charge in [0.05, 0.1) is 23.6 Å². The summed E-state index contributed by atoms with van der Waals surface area (Å²) in [5.74, 6) is -2.85. The second-order valence-electron chi connectivity index (χ2n) is 10.3. The van der Waals surface area contributed by atoms with Crippen LogP contribution in [0.2, 0.25) is 5.02 Å². The molecule has 0 saturated carbocycles. The van der Waals surface area contributed by atoms with Gasteiger partial charge in [-0.15, -0.1) is 0 Å². The van der Waals surface area contributed by atoms with E-state index in [1.54, 1.807) is 6.07 Å². The third kappa shape index (κ3) is 5.94.